The first kappa shape index (κ1) is 13.5. The Morgan fingerprint density at radius 3 is 1.63 bits per heavy atom. The molecule has 0 heterocycles. The Hall–Kier alpha value is -1.93. The molecule has 0 bridgehead atoms. The van der Waals surface area contributed by atoms with Gasteiger partial charge in [0.05, 0.1) is 5.41 Å². The highest BCUT2D eigenvalue weighted by molar-refractivity contribution is 5.83. The predicted octanol–water partition coefficient (Wildman–Crippen LogP) is 2.94. The third-order valence-electron chi connectivity index (χ3n) is 3.68. The van der Waals surface area contributed by atoms with Crippen LogP contribution in [0.25, 0.3) is 0 Å². The molecule has 1 unspecified atom stereocenters. The zero-order chi connectivity index (χ0) is 13.9. The first-order valence-corrected chi connectivity index (χ1v) is 6.36. The molecule has 0 fully saturated rings. The normalized spacial score (nSPS) is 13.0. The smallest absolute Gasteiger partial charge is 0.159 e. The molecular weight excluding hydrogens is 236 g/mol. The number of rotatable bonds is 4. The number of aliphatic hydroxyl groups is 1. The number of carbonyl (C=O) groups is 1. The topological polar surface area (TPSA) is 37.3 Å². The quantitative estimate of drug-likeness (QED) is 0.910. The number of Topliss-reactive ketones (excluding diaryl/α,β-unsaturated/α-hetero) is 1. The molecule has 0 amide bonds. The minimum atomic E-state index is -1.06. The Balaban J connectivity index is 2.61. The van der Waals surface area contributed by atoms with Crippen LogP contribution in [0, 0.1) is 0 Å². The van der Waals surface area contributed by atoms with Gasteiger partial charge in [-0.15, -0.1) is 0 Å². The van der Waals surface area contributed by atoms with Crippen LogP contribution >= 0.6 is 0 Å². The number of aliphatic hydroxyl groups excluding tert-OH is 1. The van der Waals surface area contributed by atoms with Crippen molar-refractivity contribution in [2.24, 2.45) is 0 Å². The second kappa shape index (κ2) is 5.37. The molecule has 2 aromatic rings. The standard InChI is InChI=1S/C17H18O2/c1-13(18)16(19)17(2,14-9-5-3-6-10-14)15-11-7-4-8-12-15/h3-12,16,19H,1-2H3. The summed E-state index contributed by atoms with van der Waals surface area (Å²) in [7, 11) is 0. The molecule has 0 aliphatic heterocycles. The van der Waals surface area contributed by atoms with Crippen molar-refractivity contribution in [1.29, 1.82) is 0 Å². The van der Waals surface area contributed by atoms with Crippen molar-refractivity contribution in [1.82, 2.24) is 0 Å². The van der Waals surface area contributed by atoms with Crippen molar-refractivity contribution in [2.45, 2.75) is 25.4 Å². The van der Waals surface area contributed by atoms with Gasteiger partial charge in [-0.05, 0) is 25.0 Å². The van der Waals surface area contributed by atoms with Crippen LogP contribution < -0.4 is 0 Å². The fourth-order valence-electron chi connectivity index (χ4n) is 2.46. The van der Waals surface area contributed by atoms with E-state index in [1.165, 1.54) is 6.92 Å². The lowest BCUT2D eigenvalue weighted by atomic mass is 9.71. The second-order valence-corrected chi connectivity index (χ2v) is 4.95. The fraction of sp³-hybridized carbons (Fsp3) is 0.235. The maximum atomic E-state index is 11.7. The van der Waals surface area contributed by atoms with Gasteiger partial charge in [0.2, 0.25) is 0 Å². The van der Waals surface area contributed by atoms with Crippen LogP contribution in [0.5, 0.6) is 0 Å². The molecule has 2 nitrogen and oxygen atoms in total. The summed E-state index contributed by atoms with van der Waals surface area (Å²) in [6.45, 7) is 3.33. The van der Waals surface area contributed by atoms with Crippen molar-refractivity contribution in [2.75, 3.05) is 0 Å². The molecule has 19 heavy (non-hydrogen) atoms. The highest BCUT2D eigenvalue weighted by Gasteiger charge is 2.39. The summed E-state index contributed by atoms with van der Waals surface area (Å²) in [6, 6.07) is 19.3. The Morgan fingerprint density at radius 1 is 0.947 bits per heavy atom. The van der Waals surface area contributed by atoms with Crippen LogP contribution in [0.2, 0.25) is 0 Å². The third-order valence-corrected chi connectivity index (χ3v) is 3.68. The monoisotopic (exact) mass is 254 g/mol. The van der Waals surface area contributed by atoms with Crippen molar-refractivity contribution in [3.63, 3.8) is 0 Å². The maximum Gasteiger partial charge on any atom is 0.159 e. The van der Waals surface area contributed by atoms with Crippen LogP contribution in [-0.4, -0.2) is 17.0 Å². The zero-order valence-corrected chi connectivity index (χ0v) is 11.2. The van der Waals surface area contributed by atoms with Crippen molar-refractivity contribution >= 4 is 5.78 Å². The van der Waals surface area contributed by atoms with E-state index in [0.29, 0.717) is 0 Å². The summed E-state index contributed by atoms with van der Waals surface area (Å²) in [5, 5.41) is 10.4. The number of hydrogen-bond acceptors (Lipinski definition) is 2. The van der Waals surface area contributed by atoms with E-state index in [9.17, 15) is 9.90 Å². The summed E-state index contributed by atoms with van der Waals surface area (Å²) in [4.78, 5) is 11.7. The van der Waals surface area contributed by atoms with Gasteiger partial charge in [0.25, 0.3) is 0 Å². The van der Waals surface area contributed by atoms with Gasteiger partial charge in [-0.25, -0.2) is 0 Å². The Bertz CT molecular complexity index is 506. The van der Waals surface area contributed by atoms with Crippen molar-refractivity contribution < 1.29 is 9.90 Å². The number of carbonyl (C=O) groups excluding carboxylic acids is 1. The summed E-state index contributed by atoms with van der Waals surface area (Å²) in [6.07, 6.45) is -1.06. The van der Waals surface area contributed by atoms with E-state index in [1.54, 1.807) is 0 Å². The van der Waals surface area contributed by atoms with Crippen LogP contribution in [0.4, 0.5) is 0 Å². The maximum absolute atomic E-state index is 11.7. The molecule has 0 saturated heterocycles. The average molecular weight is 254 g/mol. The molecule has 0 aromatic heterocycles. The fourth-order valence-corrected chi connectivity index (χ4v) is 2.46. The third kappa shape index (κ3) is 2.45. The average Bonchev–Trinajstić information content (AvgIpc) is 2.47. The van der Waals surface area contributed by atoms with Gasteiger partial charge < -0.3 is 5.11 Å². The molecule has 2 rings (SSSR count). The first-order valence-electron chi connectivity index (χ1n) is 6.36. The van der Waals surface area contributed by atoms with Gasteiger partial charge in [-0.3, -0.25) is 4.79 Å². The van der Waals surface area contributed by atoms with Crippen molar-refractivity contribution in [3.05, 3.63) is 71.8 Å². The molecule has 2 heteroatoms. The predicted molar refractivity (Wildman–Crippen MR) is 76.0 cm³/mol. The van der Waals surface area contributed by atoms with E-state index in [2.05, 4.69) is 0 Å². The summed E-state index contributed by atoms with van der Waals surface area (Å²) >= 11 is 0. The summed E-state index contributed by atoms with van der Waals surface area (Å²) < 4.78 is 0. The highest BCUT2D eigenvalue weighted by Crippen LogP contribution is 2.35. The summed E-state index contributed by atoms with van der Waals surface area (Å²) in [5.74, 6) is -0.227. The lowest BCUT2D eigenvalue weighted by Crippen LogP contribution is -2.42. The van der Waals surface area contributed by atoms with Gasteiger partial charge in [-0.1, -0.05) is 60.7 Å². The largest absolute Gasteiger partial charge is 0.384 e. The Kier molecular flexibility index (Phi) is 3.82. The van der Waals surface area contributed by atoms with Crippen LogP contribution in [-0.2, 0) is 10.2 Å². The van der Waals surface area contributed by atoms with Crippen LogP contribution in [0.15, 0.2) is 60.7 Å². The van der Waals surface area contributed by atoms with Gasteiger partial charge in [0.15, 0.2) is 5.78 Å². The van der Waals surface area contributed by atoms with Gasteiger partial charge in [0.1, 0.15) is 6.10 Å². The minimum absolute atomic E-state index is 0.227. The lowest BCUT2D eigenvalue weighted by molar-refractivity contribution is -0.127. The molecule has 0 aliphatic rings. The van der Waals surface area contributed by atoms with Gasteiger partial charge >= 0.3 is 0 Å². The molecule has 1 atom stereocenters. The molecule has 0 aliphatic carbocycles. The highest BCUT2D eigenvalue weighted by atomic mass is 16.3. The van der Waals surface area contributed by atoms with E-state index in [0.717, 1.165) is 11.1 Å². The molecule has 0 radical (unpaired) electrons. The van der Waals surface area contributed by atoms with E-state index in [4.69, 9.17) is 0 Å². The number of hydrogen-bond donors (Lipinski definition) is 1. The van der Waals surface area contributed by atoms with Gasteiger partial charge in [0, 0.05) is 0 Å². The molecule has 1 N–H and O–H groups in total. The van der Waals surface area contributed by atoms with Crippen molar-refractivity contribution in [3.8, 4) is 0 Å². The first-order chi connectivity index (χ1) is 9.06. The zero-order valence-electron chi connectivity index (χ0n) is 11.2. The Morgan fingerprint density at radius 2 is 1.32 bits per heavy atom. The molecule has 98 valence electrons. The van der Waals surface area contributed by atoms with E-state index in [1.807, 2.05) is 67.6 Å². The SMILES string of the molecule is CC(=O)C(O)C(C)(c1ccccc1)c1ccccc1. The Labute approximate surface area is 113 Å². The summed E-state index contributed by atoms with van der Waals surface area (Å²) in [5.41, 5.74) is 1.14. The van der Waals surface area contributed by atoms with E-state index >= 15 is 0 Å². The van der Waals surface area contributed by atoms with Gasteiger partial charge in [-0.2, -0.15) is 0 Å². The number of ketones is 1. The van der Waals surface area contributed by atoms with Crippen LogP contribution in [0.1, 0.15) is 25.0 Å². The van der Waals surface area contributed by atoms with E-state index in [-0.39, 0.29) is 5.78 Å². The lowest BCUT2D eigenvalue weighted by Gasteiger charge is -2.34. The second-order valence-electron chi connectivity index (χ2n) is 4.95. The molecule has 0 saturated carbocycles. The van der Waals surface area contributed by atoms with E-state index < -0.39 is 11.5 Å². The molecular formula is C17H18O2. The minimum Gasteiger partial charge on any atom is -0.384 e. The molecule has 2 aromatic carbocycles. The number of benzene rings is 2. The van der Waals surface area contributed by atoms with Crippen LogP contribution in [0.3, 0.4) is 0 Å². The molecule has 0 spiro atoms.